The highest BCUT2D eigenvalue weighted by molar-refractivity contribution is 8.01. The molecule has 0 aliphatic rings. The largest absolute Gasteiger partial charge is 0.464 e. The molecule has 0 fully saturated rings. The average Bonchev–Trinajstić information content (AvgIpc) is 2.82. The third-order valence-electron chi connectivity index (χ3n) is 4.30. The van der Waals surface area contributed by atoms with Gasteiger partial charge in [0.1, 0.15) is 31.8 Å². The molecule has 37 heavy (non-hydrogen) atoms. The topological polar surface area (TPSA) is 105 Å². The fraction of sp³-hybridized carbons (Fsp3) is 0.840. The van der Waals surface area contributed by atoms with E-state index >= 15 is 0 Å². The molecule has 0 rings (SSSR count). The van der Waals surface area contributed by atoms with Crippen molar-refractivity contribution in [1.82, 2.24) is 0 Å². The van der Waals surface area contributed by atoms with E-state index in [4.69, 9.17) is 18.9 Å². The first kappa shape index (κ1) is 36.3. The summed E-state index contributed by atoms with van der Waals surface area (Å²) in [5.41, 5.74) is -1.23. The lowest BCUT2D eigenvalue weighted by molar-refractivity contribution is -0.167. The summed E-state index contributed by atoms with van der Waals surface area (Å²) < 4.78 is 22.0. The molecule has 0 heterocycles. The summed E-state index contributed by atoms with van der Waals surface area (Å²) in [6, 6.07) is 0. The Kier molecular flexibility index (Phi) is 19.8. The number of carbonyl (C=O) groups is 4. The second-order valence-electron chi connectivity index (χ2n) is 9.58. The van der Waals surface area contributed by atoms with Crippen LogP contribution in [-0.4, -0.2) is 94.3 Å². The maximum atomic E-state index is 12.4. The van der Waals surface area contributed by atoms with Gasteiger partial charge in [0.2, 0.25) is 0 Å². The molecule has 0 aliphatic heterocycles. The average molecular weight is 601 g/mol. The molecule has 12 heteroatoms. The van der Waals surface area contributed by atoms with E-state index in [0.29, 0.717) is 0 Å². The molecular weight excluding hydrogens is 557 g/mol. The van der Waals surface area contributed by atoms with Crippen molar-refractivity contribution in [2.75, 3.05) is 49.4 Å². The van der Waals surface area contributed by atoms with Crippen LogP contribution in [0.1, 0.15) is 55.4 Å². The molecule has 0 saturated heterocycles. The smallest absolute Gasteiger partial charge is 0.315 e. The van der Waals surface area contributed by atoms with Gasteiger partial charge in [-0.1, -0.05) is 55.4 Å². The first-order valence-corrected chi connectivity index (χ1v) is 16.5. The summed E-state index contributed by atoms with van der Waals surface area (Å²) in [5, 5.41) is 0.983. The molecule has 0 aliphatic carbocycles. The number of hydrogen-bond donors (Lipinski definition) is 0. The number of rotatable bonds is 20. The van der Waals surface area contributed by atoms with Crippen molar-refractivity contribution in [3.05, 3.63) is 0 Å². The van der Waals surface area contributed by atoms with Gasteiger partial charge in [-0.25, -0.2) is 0 Å². The van der Waals surface area contributed by atoms with Crippen molar-refractivity contribution in [1.29, 1.82) is 0 Å². The van der Waals surface area contributed by atoms with E-state index < -0.39 is 29.3 Å². The zero-order valence-electron chi connectivity index (χ0n) is 23.4. The first-order chi connectivity index (χ1) is 17.2. The van der Waals surface area contributed by atoms with E-state index in [9.17, 15) is 19.2 Å². The van der Waals surface area contributed by atoms with Gasteiger partial charge in [0.05, 0.1) is 23.0 Å². The number of esters is 4. The summed E-state index contributed by atoms with van der Waals surface area (Å²) in [5.74, 6) is -1.22. The fourth-order valence-electron chi connectivity index (χ4n) is 2.29. The Labute approximate surface area is 239 Å². The Morgan fingerprint density at radius 2 is 0.649 bits per heavy atom. The molecular formula is C25H44O8S4. The summed E-state index contributed by atoms with van der Waals surface area (Å²) in [6.07, 6.45) is 0. The molecule has 0 saturated carbocycles. The second kappa shape index (κ2) is 20.2. The normalized spacial score (nSPS) is 11.8. The number of thioether (sulfide) groups is 4. The predicted octanol–water partition coefficient (Wildman–Crippen LogP) is 4.71. The van der Waals surface area contributed by atoms with Crippen molar-refractivity contribution in [3.63, 3.8) is 0 Å². The van der Waals surface area contributed by atoms with E-state index in [0.717, 1.165) is 0 Å². The van der Waals surface area contributed by atoms with Gasteiger partial charge in [0.25, 0.3) is 0 Å². The van der Waals surface area contributed by atoms with Gasteiger partial charge in [0, 0.05) is 0 Å². The van der Waals surface area contributed by atoms with Crippen LogP contribution in [0, 0.1) is 5.41 Å². The second-order valence-corrected chi connectivity index (χ2v) is 15.8. The lowest BCUT2D eigenvalue weighted by Gasteiger charge is -2.31. The Morgan fingerprint density at radius 1 is 0.459 bits per heavy atom. The van der Waals surface area contributed by atoms with Crippen LogP contribution >= 0.6 is 47.0 Å². The van der Waals surface area contributed by atoms with Crippen LogP contribution in [-0.2, 0) is 38.1 Å². The quantitative estimate of drug-likeness (QED) is 0.143. The molecule has 0 aromatic rings. The molecule has 0 unspecified atom stereocenters. The monoisotopic (exact) mass is 600 g/mol. The molecule has 0 amide bonds. The molecule has 0 aromatic heterocycles. The minimum Gasteiger partial charge on any atom is -0.464 e. The minimum absolute atomic E-state index is 0.147. The number of carbonyl (C=O) groups excluding carboxylic acids is 4. The highest BCUT2D eigenvalue weighted by Crippen LogP contribution is 2.24. The first-order valence-electron chi connectivity index (χ1n) is 12.3. The zero-order valence-corrected chi connectivity index (χ0v) is 26.6. The van der Waals surface area contributed by atoms with Crippen molar-refractivity contribution in [2.45, 2.75) is 76.4 Å². The molecule has 0 N–H and O–H groups in total. The van der Waals surface area contributed by atoms with Crippen molar-refractivity contribution >= 4 is 70.9 Å². The third-order valence-corrected chi connectivity index (χ3v) is 8.57. The molecule has 0 spiro atoms. The summed E-state index contributed by atoms with van der Waals surface area (Å²) in [4.78, 5) is 49.5. The van der Waals surface area contributed by atoms with E-state index in [-0.39, 0.29) is 70.4 Å². The summed E-state index contributed by atoms with van der Waals surface area (Å²) in [6.45, 7) is 14.9. The maximum Gasteiger partial charge on any atom is 0.315 e. The van der Waals surface area contributed by atoms with Crippen molar-refractivity contribution in [3.8, 4) is 0 Å². The summed E-state index contributed by atoms with van der Waals surface area (Å²) >= 11 is 5.73. The zero-order chi connectivity index (χ0) is 28.4. The van der Waals surface area contributed by atoms with Crippen LogP contribution in [0.15, 0.2) is 0 Å². The van der Waals surface area contributed by atoms with Gasteiger partial charge in [-0.05, 0) is 21.0 Å². The van der Waals surface area contributed by atoms with Crippen LogP contribution < -0.4 is 0 Å². The van der Waals surface area contributed by atoms with Gasteiger partial charge in [-0.3, -0.25) is 19.2 Å². The molecule has 0 atom stereocenters. The minimum atomic E-state index is -1.23. The Bertz CT molecular complexity index is 581. The fourth-order valence-corrected chi connectivity index (χ4v) is 4.50. The number of hydrogen-bond acceptors (Lipinski definition) is 12. The van der Waals surface area contributed by atoms with E-state index in [1.807, 2.05) is 55.4 Å². The molecule has 0 radical (unpaired) electrons. The highest BCUT2D eigenvalue weighted by Gasteiger charge is 2.38. The van der Waals surface area contributed by atoms with E-state index in [1.165, 1.54) is 47.0 Å². The summed E-state index contributed by atoms with van der Waals surface area (Å²) in [7, 11) is 0. The standard InChI is InChI=1S/C25H44O8S4/c1-17(2)34-9-21(26)30-13-25(14-31-22(27)10-35-18(3)4,15-32-23(28)11-36-19(5)6)16-33-24(29)12-37-20(7)8/h17-20H,9-16H2,1-8H3. The Hall–Kier alpha value is -0.720. The van der Waals surface area contributed by atoms with Gasteiger partial charge >= 0.3 is 23.9 Å². The van der Waals surface area contributed by atoms with Gasteiger partial charge in [0.15, 0.2) is 0 Å². The maximum absolute atomic E-state index is 12.4. The Morgan fingerprint density at radius 3 is 0.811 bits per heavy atom. The van der Waals surface area contributed by atoms with E-state index in [2.05, 4.69) is 0 Å². The van der Waals surface area contributed by atoms with Crippen LogP contribution in [0.5, 0.6) is 0 Å². The van der Waals surface area contributed by atoms with E-state index in [1.54, 1.807) is 0 Å². The molecule has 0 aromatic carbocycles. The van der Waals surface area contributed by atoms with Crippen molar-refractivity contribution < 1.29 is 38.1 Å². The predicted molar refractivity (Wildman–Crippen MR) is 157 cm³/mol. The van der Waals surface area contributed by atoms with Gasteiger partial charge < -0.3 is 18.9 Å². The van der Waals surface area contributed by atoms with Crippen molar-refractivity contribution in [2.24, 2.45) is 5.41 Å². The lowest BCUT2D eigenvalue weighted by Crippen LogP contribution is -2.44. The highest BCUT2D eigenvalue weighted by atomic mass is 32.2. The molecule has 8 nitrogen and oxygen atoms in total. The van der Waals surface area contributed by atoms with Crippen LogP contribution in [0.2, 0.25) is 0 Å². The van der Waals surface area contributed by atoms with Crippen LogP contribution in [0.3, 0.4) is 0 Å². The number of ether oxygens (including phenoxy) is 4. The van der Waals surface area contributed by atoms with Crippen LogP contribution in [0.25, 0.3) is 0 Å². The molecule has 0 bridgehead atoms. The van der Waals surface area contributed by atoms with Gasteiger partial charge in [-0.2, -0.15) is 0 Å². The molecule has 216 valence electrons. The third kappa shape index (κ3) is 20.9. The van der Waals surface area contributed by atoms with Gasteiger partial charge in [-0.15, -0.1) is 47.0 Å². The van der Waals surface area contributed by atoms with Crippen LogP contribution in [0.4, 0.5) is 0 Å². The SMILES string of the molecule is CC(C)SCC(=O)OCC(COC(=O)CSC(C)C)(COC(=O)CSC(C)C)COC(=O)CSC(C)C. The lowest BCUT2D eigenvalue weighted by atomic mass is 9.92. The Balaban J connectivity index is 5.59.